The number of carbonyl (C=O) groups excluding carboxylic acids is 2. The van der Waals surface area contributed by atoms with E-state index >= 15 is 0 Å². The minimum atomic E-state index is -1.37. The number of rotatable bonds is 6. The highest BCUT2D eigenvalue weighted by molar-refractivity contribution is 5.90. The van der Waals surface area contributed by atoms with E-state index in [9.17, 15) is 19.5 Å². The third kappa shape index (κ3) is 3.81. The van der Waals surface area contributed by atoms with Crippen LogP contribution in [0.4, 0.5) is 0 Å². The number of aryl methyl sites for hydroxylation is 2. The molecular weight excluding hydrogens is 326 g/mol. The molecule has 1 aromatic carbocycles. The maximum atomic E-state index is 12.3. The summed E-state index contributed by atoms with van der Waals surface area (Å²) >= 11 is 0. The van der Waals surface area contributed by atoms with Gasteiger partial charge >= 0.3 is 5.63 Å². The zero-order valence-electron chi connectivity index (χ0n) is 14.6. The van der Waals surface area contributed by atoms with Crippen LogP contribution in [-0.2, 0) is 16.0 Å². The van der Waals surface area contributed by atoms with E-state index in [0.29, 0.717) is 22.3 Å². The first kappa shape index (κ1) is 18.5. The van der Waals surface area contributed by atoms with E-state index in [4.69, 9.17) is 9.15 Å². The second kappa shape index (κ2) is 7.38. The molecule has 1 heterocycles. The van der Waals surface area contributed by atoms with Crippen molar-refractivity contribution in [1.82, 2.24) is 5.32 Å². The van der Waals surface area contributed by atoms with Crippen LogP contribution >= 0.6 is 0 Å². The summed E-state index contributed by atoms with van der Waals surface area (Å²) in [5.41, 5.74) is 1.36. The number of nitrogens with one attached hydrogen (secondary N) is 1. The van der Waals surface area contributed by atoms with Crippen molar-refractivity contribution < 1.29 is 23.8 Å². The molecule has 2 aromatic rings. The molecular formula is C18H20NO6-. The Balaban J connectivity index is 2.45. The lowest BCUT2D eigenvalue weighted by Crippen LogP contribution is -2.48. The standard InChI is InChI=1S/C18H21NO6/c1-5-12(17(21)22)19-15(20)8-11-10(3)16-13(24-4)6-9(2)7-14(16)25-18(11)23/h6-7,12H,5,8H2,1-4H3,(H,19,20)(H,21,22)/p-1/t12-/m1/s1. The van der Waals surface area contributed by atoms with Crippen molar-refractivity contribution in [2.45, 2.75) is 39.7 Å². The number of aliphatic carboxylic acids is 1. The summed E-state index contributed by atoms with van der Waals surface area (Å²) < 4.78 is 10.7. The zero-order chi connectivity index (χ0) is 18.7. The molecule has 1 atom stereocenters. The van der Waals surface area contributed by atoms with E-state index < -0.39 is 23.5 Å². The number of carbonyl (C=O) groups is 2. The SMILES string of the molecule is CC[C@@H](NC(=O)Cc1c(C)c2c(OC)cc(C)cc2oc1=O)C(=O)[O-]. The molecule has 0 saturated heterocycles. The van der Waals surface area contributed by atoms with Crippen LogP contribution in [0, 0.1) is 13.8 Å². The summed E-state index contributed by atoms with van der Waals surface area (Å²) in [5, 5.41) is 13.9. The Bertz CT molecular complexity index is 883. The van der Waals surface area contributed by atoms with Crippen molar-refractivity contribution in [2.75, 3.05) is 7.11 Å². The fraction of sp³-hybridized carbons (Fsp3) is 0.389. The number of benzene rings is 1. The molecule has 1 N–H and O–H groups in total. The van der Waals surface area contributed by atoms with E-state index in [-0.39, 0.29) is 18.4 Å². The lowest BCUT2D eigenvalue weighted by Gasteiger charge is -2.18. The van der Waals surface area contributed by atoms with Gasteiger partial charge in [-0.05, 0) is 43.5 Å². The van der Waals surface area contributed by atoms with Crippen molar-refractivity contribution in [3.05, 3.63) is 39.2 Å². The smallest absolute Gasteiger partial charge is 0.340 e. The summed E-state index contributed by atoms with van der Waals surface area (Å²) in [4.78, 5) is 35.3. The molecule has 0 radical (unpaired) electrons. The summed E-state index contributed by atoms with van der Waals surface area (Å²) in [5.74, 6) is -1.41. The van der Waals surface area contributed by atoms with E-state index in [1.165, 1.54) is 7.11 Å². The van der Waals surface area contributed by atoms with Gasteiger partial charge in [0.2, 0.25) is 5.91 Å². The van der Waals surface area contributed by atoms with Crippen LogP contribution in [0.3, 0.4) is 0 Å². The van der Waals surface area contributed by atoms with Gasteiger partial charge in [-0.3, -0.25) is 4.79 Å². The molecule has 0 aliphatic heterocycles. The number of hydrogen-bond donors (Lipinski definition) is 1. The van der Waals surface area contributed by atoms with E-state index in [1.54, 1.807) is 19.9 Å². The molecule has 134 valence electrons. The van der Waals surface area contributed by atoms with Gasteiger partial charge in [-0.2, -0.15) is 0 Å². The summed E-state index contributed by atoms with van der Waals surface area (Å²) in [7, 11) is 1.51. The number of methoxy groups -OCH3 is 1. The predicted octanol–water partition coefficient (Wildman–Crippen LogP) is 0.606. The molecule has 1 aromatic heterocycles. The van der Waals surface area contributed by atoms with Gasteiger partial charge in [0.25, 0.3) is 0 Å². The number of hydrogen-bond acceptors (Lipinski definition) is 6. The van der Waals surface area contributed by atoms with Crippen molar-refractivity contribution in [1.29, 1.82) is 0 Å². The van der Waals surface area contributed by atoms with Crippen LogP contribution in [0.25, 0.3) is 11.0 Å². The topological polar surface area (TPSA) is 109 Å². The molecule has 0 spiro atoms. The van der Waals surface area contributed by atoms with Gasteiger partial charge in [0.15, 0.2) is 0 Å². The highest BCUT2D eigenvalue weighted by Gasteiger charge is 2.19. The van der Waals surface area contributed by atoms with E-state index in [0.717, 1.165) is 5.56 Å². The number of amides is 1. The highest BCUT2D eigenvalue weighted by atomic mass is 16.5. The Morgan fingerprint density at radius 2 is 2.00 bits per heavy atom. The zero-order valence-corrected chi connectivity index (χ0v) is 14.6. The predicted molar refractivity (Wildman–Crippen MR) is 89.4 cm³/mol. The third-order valence-electron chi connectivity index (χ3n) is 4.07. The second-order valence-electron chi connectivity index (χ2n) is 5.86. The maximum absolute atomic E-state index is 12.3. The molecule has 0 aliphatic rings. The monoisotopic (exact) mass is 346 g/mol. The highest BCUT2D eigenvalue weighted by Crippen LogP contribution is 2.30. The fourth-order valence-corrected chi connectivity index (χ4v) is 2.74. The molecule has 0 fully saturated rings. The van der Waals surface area contributed by atoms with E-state index in [1.807, 2.05) is 13.0 Å². The van der Waals surface area contributed by atoms with Gasteiger partial charge in [0.1, 0.15) is 11.3 Å². The van der Waals surface area contributed by atoms with Crippen molar-refractivity contribution >= 4 is 22.8 Å². The van der Waals surface area contributed by atoms with Crippen LogP contribution in [0.15, 0.2) is 21.3 Å². The number of carboxylic acid groups (broad SMARTS) is 1. The van der Waals surface area contributed by atoms with Crippen LogP contribution in [0.2, 0.25) is 0 Å². The van der Waals surface area contributed by atoms with Gasteiger partial charge in [0.05, 0.1) is 36.5 Å². The number of ether oxygens (including phenoxy) is 1. The van der Waals surface area contributed by atoms with Crippen LogP contribution < -0.4 is 20.8 Å². The lowest BCUT2D eigenvalue weighted by molar-refractivity contribution is -0.308. The first-order valence-electron chi connectivity index (χ1n) is 7.89. The lowest BCUT2D eigenvalue weighted by atomic mass is 10.0. The van der Waals surface area contributed by atoms with Gasteiger partial charge in [0, 0.05) is 0 Å². The molecule has 0 unspecified atom stereocenters. The van der Waals surface area contributed by atoms with Gasteiger partial charge in [-0.25, -0.2) is 4.79 Å². The molecule has 25 heavy (non-hydrogen) atoms. The normalized spacial score (nSPS) is 12.0. The Kier molecular flexibility index (Phi) is 5.46. The minimum absolute atomic E-state index is 0.167. The van der Waals surface area contributed by atoms with Crippen molar-refractivity contribution in [3.63, 3.8) is 0 Å². The summed E-state index contributed by atoms with van der Waals surface area (Å²) in [6, 6.07) is 2.43. The first-order chi connectivity index (χ1) is 11.8. The number of carboxylic acids is 1. The van der Waals surface area contributed by atoms with Gasteiger partial charge < -0.3 is 24.4 Å². The minimum Gasteiger partial charge on any atom is -0.548 e. The van der Waals surface area contributed by atoms with Crippen LogP contribution in [-0.4, -0.2) is 25.0 Å². The molecule has 1 amide bonds. The Morgan fingerprint density at radius 1 is 1.32 bits per heavy atom. The average Bonchev–Trinajstić information content (AvgIpc) is 2.54. The first-order valence-corrected chi connectivity index (χ1v) is 7.89. The molecule has 0 saturated carbocycles. The largest absolute Gasteiger partial charge is 0.548 e. The Hall–Kier alpha value is -2.83. The van der Waals surface area contributed by atoms with Crippen LogP contribution in [0.5, 0.6) is 5.75 Å². The molecule has 7 heteroatoms. The maximum Gasteiger partial charge on any atom is 0.340 e. The molecule has 7 nitrogen and oxygen atoms in total. The number of fused-ring (bicyclic) bond motifs is 1. The van der Waals surface area contributed by atoms with E-state index in [2.05, 4.69) is 5.32 Å². The third-order valence-corrected chi connectivity index (χ3v) is 4.07. The molecule has 2 rings (SSSR count). The molecule has 0 aliphatic carbocycles. The van der Waals surface area contributed by atoms with Crippen LogP contribution in [0.1, 0.15) is 30.0 Å². The quantitative estimate of drug-likeness (QED) is 0.768. The second-order valence-corrected chi connectivity index (χ2v) is 5.86. The summed E-state index contributed by atoms with van der Waals surface area (Å²) in [6.45, 7) is 5.17. The van der Waals surface area contributed by atoms with Gasteiger partial charge in [-0.15, -0.1) is 0 Å². The van der Waals surface area contributed by atoms with Crippen molar-refractivity contribution in [2.24, 2.45) is 0 Å². The fourth-order valence-electron chi connectivity index (χ4n) is 2.74. The summed E-state index contributed by atoms with van der Waals surface area (Å²) in [6.07, 6.45) is -0.0998. The van der Waals surface area contributed by atoms with Crippen molar-refractivity contribution in [3.8, 4) is 5.75 Å². The average molecular weight is 346 g/mol. The molecule has 0 bridgehead atoms. The Morgan fingerprint density at radius 3 is 2.56 bits per heavy atom. The Labute approximate surface area is 144 Å². The van der Waals surface area contributed by atoms with Gasteiger partial charge in [-0.1, -0.05) is 6.92 Å².